The second-order valence-electron chi connectivity index (χ2n) is 2.92. The third-order valence-electron chi connectivity index (χ3n) is 1.59. The molecule has 0 N–H and O–H groups in total. The van der Waals surface area contributed by atoms with Crippen LogP contribution in [0.4, 0.5) is 13.2 Å². The fraction of sp³-hybridized carbons (Fsp3) is 0.750. The summed E-state index contributed by atoms with van der Waals surface area (Å²) in [6.07, 6.45) is 2.24. The Labute approximate surface area is 65.1 Å². The highest BCUT2D eigenvalue weighted by atomic mass is 19.3. The van der Waals surface area contributed by atoms with Crippen LogP contribution in [0.2, 0.25) is 0 Å². The van der Waals surface area contributed by atoms with Gasteiger partial charge in [-0.3, -0.25) is 0 Å². The molecule has 0 aliphatic rings. The largest absolute Gasteiger partial charge is 0.302 e. The molecule has 0 spiro atoms. The van der Waals surface area contributed by atoms with E-state index in [9.17, 15) is 13.2 Å². The van der Waals surface area contributed by atoms with Crippen molar-refractivity contribution in [3.8, 4) is 0 Å². The van der Waals surface area contributed by atoms with Crippen molar-refractivity contribution >= 4 is 0 Å². The van der Waals surface area contributed by atoms with Gasteiger partial charge in [0.05, 0.1) is 0 Å². The summed E-state index contributed by atoms with van der Waals surface area (Å²) in [5, 5.41) is 0. The summed E-state index contributed by atoms with van der Waals surface area (Å²) >= 11 is 0. The van der Waals surface area contributed by atoms with Crippen molar-refractivity contribution in [2.24, 2.45) is 0 Å². The predicted octanol–water partition coefficient (Wildman–Crippen LogP) is 3.14. The van der Waals surface area contributed by atoms with E-state index in [1.807, 2.05) is 0 Å². The van der Waals surface area contributed by atoms with Gasteiger partial charge in [-0.05, 0) is 33.8 Å². The zero-order chi connectivity index (χ0) is 9.28. The summed E-state index contributed by atoms with van der Waals surface area (Å²) < 4.78 is 38.5. The predicted molar refractivity (Wildman–Crippen MR) is 38.2 cm³/mol. The highest BCUT2D eigenvalue weighted by Crippen LogP contribution is 2.37. The van der Waals surface area contributed by atoms with Crippen LogP contribution in [0.1, 0.15) is 27.7 Å². The molecule has 0 bridgehead atoms. The smallest absolute Gasteiger partial charge is 0.237 e. The Hall–Kier alpha value is -0.470. The Bertz CT molecular complexity index is 163. The van der Waals surface area contributed by atoms with Crippen molar-refractivity contribution < 1.29 is 13.2 Å². The molecule has 11 heavy (non-hydrogen) atoms. The minimum absolute atomic E-state index is 0.356. The SMILES string of the molecule is C/[C]=C(\C)C(F)(F)C(C)(C)F. The number of allylic oxidation sites excluding steroid dienone is 2. The van der Waals surface area contributed by atoms with Gasteiger partial charge in [-0.2, -0.15) is 8.78 Å². The average molecular weight is 165 g/mol. The second-order valence-corrected chi connectivity index (χ2v) is 2.92. The topological polar surface area (TPSA) is 0 Å². The molecule has 0 aliphatic carbocycles. The van der Waals surface area contributed by atoms with Gasteiger partial charge in [0.1, 0.15) is 0 Å². The van der Waals surface area contributed by atoms with E-state index in [0.29, 0.717) is 0 Å². The van der Waals surface area contributed by atoms with Crippen molar-refractivity contribution in [3.63, 3.8) is 0 Å². The first kappa shape index (κ1) is 10.5. The van der Waals surface area contributed by atoms with E-state index < -0.39 is 11.6 Å². The number of rotatable bonds is 2. The highest BCUT2D eigenvalue weighted by molar-refractivity contribution is 5.11. The van der Waals surface area contributed by atoms with Crippen LogP contribution in [0.3, 0.4) is 0 Å². The number of hydrogen-bond donors (Lipinski definition) is 0. The van der Waals surface area contributed by atoms with Crippen LogP contribution < -0.4 is 0 Å². The van der Waals surface area contributed by atoms with Crippen LogP contribution >= 0.6 is 0 Å². The van der Waals surface area contributed by atoms with E-state index in [0.717, 1.165) is 13.8 Å². The summed E-state index contributed by atoms with van der Waals surface area (Å²) in [7, 11) is 0. The Kier molecular flexibility index (Phi) is 2.75. The molecule has 0 atom stereocenters. The van der Waals surface area contributed by atoms with E-state index in [-0.39, 0.29) is 5.57 Å². The maximum Gasteiger partial charge on any atom is 0.302 e. The molecule has 0 rings (SSSR count). The van der Waals surface area contributed by atoms with E-state index in [1.54, 1.807) is 0 Å². The van der Waals surface area contributed by atoms with E-state index in [2.05, 4.69) is 6.08 Å². The minimum atomic E-state index is -3.41. The molecule has 65 valence electrons. The lowest BCUT2D eigenvalue weighted by Gasteiger charge is -2.26. The molecule has 3 heteroatoms. The van der Waals surface area contributed by atoms with Crippen molar-refractivity contribution in [2.75, 3.05) is 0 Å². The van der Waals surface area contributed by atoms with Gasteiger partial charge in [0.15, 0.2) is 5.67 Å². The molecule has 0 amide bonds. The third-order valence-corrected chi connectivity index (χ3v) is 1.59. The summed E-state index contributed by atoms with van der Waals surface area (Å²) in [4.78, 5) is 0. The molecular weight excluding hydrogens is 153 g/mol. The van der Waals surface area contributed by atoms with Gasteiger partial charge in [0.25, 0.3) is 0 Å². The molecule has 0 aliphatic heterocycles. The molecule has 0 nitrogen and oxygen atoms in total. The number of hydrogen-bond acceptors (Lipinski definition) is 0. The average Bonchev–Trinajstić information content (AvgIpc) is 1.83. The fourth-order valence-corrected chi connectivity index (χ4v) is 0.603. The summed E-state index contributed by atoms with van der Waals surface area (Å²) in [6, 6.07) is 0. The molecule has 0 aromatic carbocycles. The van der Waals surface area contributed by atoms with Crippen LogP contribution in [0, 0.1) is 6.08 Å². The fourth-order valence-electron chi connectivity index (χ4n) is 0.603. The van der Waals surface area contributed by atoms with E-state index >= 15 is 0 Å². The van der Waals surface area contributed by atoms with Crippen molar-refractivity contribution in [1.29, 1.82) is 0 Å². The first-order valence-electron chi connectivity index (χ1n) is 3.32. The maximum atomic E-state index is 12.8. The lowest BCUT2D eigenvalue weighted by Crippen LogP contribution is -2.39. The van der Waals surface area contributed by atoms with Crippen LogP contribution in [-0.2, 0) is 0 Å². The number of halogens is 3. The molecule has 0 aromatic rings. The zero-order valence-corrected chi connectivity index (χ0v) is 7.13. The Morgan fingerprint density at radius 3 is 1.64 bits per heavy atom. The van der Waals surface area contributed by atoms with Gasteiger partial charge in [-0.25, -0.2) is 4.39 Å². The van der Waals surface area contributed by atoms with Gasteiger partial charge in [-0.15, -0.1) is 0 Å². The molecule has 0 aromatic heterocycles. The molecule has 1 radical (unpaired) electrons. The standard InChI is InChI=1S/C8H12F3/c1-5-6(2)8(10,11)7(3,4)9/h1-4H3. The van der Waals surface area contributed by atoms with Crippen LogP contribution in [0.15, 0.2) is 5.57 Å². The lowest BCUT2D eigenvalue weighted by atomic mass is 9.96. The quantitative estimate of drug-likeness (QED) is 0.589. The second kappa shape index (κ2) is 2.88. The molecule has 0 unspecified atom stereocenters. The Morgan fingerprint density at radius 2 is 1.55 bits per heavy atom. The van der Waals surface area contributed by atoms with E-state index in [4.69, 9.17) is 0 Å². The molecule has 0 heterocycles. The third kappa shape index (κ3) is 1.98. The Balaban J connectivity index is 4.74. The summed E-state index contributed by atoms with van der Waals surface area (Å²) in [5.74, 6) is -3.41. The van der Waals surface area contributed by atoms with Gasteiger partial charge in [-0.1, -0.05) is 0 Å². The molecule has 0 fully saturated rings. The van der Waals surface area contributed by atoms with Crippen LogP contribution in [0.5, 0.6) is 0 Å². The zero-order valence-electron chi connectivity index (χ0n) is 7.13. The van der Waals surface area contributed by atoms with Crippen molar-refractivity contribution in [1.82, 2.24) is 0 Å². The minimum Gasteiger partial charge on any atom is -0.237 e. The molecule has 0 saturated heterocycles. The van der Waals surface area contributed by atoms with Crippen molar-refractivity contribution in [3.05, 3.63) is 11.6 Å². The van der Waals surface area contributed by atoms with Gasteiger partial charge in [0, 0.05) is 5.57 Å². The first-order chi connectivity index (χ1) is 4.73. The monoisotopic (exact) mass is 165 g/mol. The summed E-state index contributed by atoms with van der Waals surface area (Å²) in [6.45, 7) is 4.22. The van der Waals surface area contributed by atoms with E-state index in [1.165, 1.54) is 13.8 Å². The van der Waals surface area contributed by atoms with Crippen LogP contribution in [-0.4, -0.2) is 11.6 Å². The first-order valence-corrected chi connectivity index (χ1v) is 3.32. The van der Waals surface area contributed by atoms with Crippen LogP contribution in [0.25, 0.3) is 0 Å². The van der Waals surface area contributed by atoms with Gasteiger partial charge >= 0.3 is 5.92 Å². The van der Waals surface area contributed by atoms with Gasteiger partial charge in [0.2, 0.25) is 0 Å². The lowest BCUT2D eigenvalue weighted by molar-refractivity contribution is -0.0888. The number of alkyl halides is 3. The normalized spacial score (nSPS) is 15.4. The highest BCUT2D eigenvalue weighted by Gasteiger charge is 2.48. The summed E-state index contributed by atoms with van der Waals surface area (Å²) in [5.41, 5.74) is -2.87. The molecule has 0 saturated carbocycles. The Morgan fingerprint density at radius 1 is 1.18 bits per heavy atom. The van der Waals surface area contributed by atoms with Gasteiger partial charge < -0.3 is 0 Å². The maximum absolute atomic E-state index is 12.8. The molecular formula is C8H12F3. The van der Waals surface area contributed by atoms with Crippen molar-refractivity contribution in [2.45, 2.75) is 39.3 Å².